The highest BCUT2D eigenvalue weighted by Gasteiger charge is 2.13. The number of aliphatic carboxylic acids is 1. The molecule has 0 fully saturated rings. The van der Waals surface area contributed by atoms with Crippen molar-refractivity contribution < 1.29 is 14.7 Å². The summed E-state index contributed by atoms with van der Waals surface area (Å²) in [6.45, 7) is 0. The predicted molar refractivity (Wildman–Crippen MR) is 58.3 cm³/mol. The number of pyridine rings is 1. The molecule has 1 N–H and O–H groups in total. The van der Waals surface area contributed by atoms with Crippen LogP contribution in [0.15, 0.2) is 36.5 Å². The first-order valence-corrected chi connectivity index (χ1v) is 4.77. The standard InChI is InChI=1S/C12H9NO3/c14-11(7-12(15)16)9-5-6-13-10-4-2-1-3-8(9)10/h1-6H,7H2,(H,15,16). The predicted octanol–water partition coefficient (Wildman–Crippen LogP) is 1.89. The second-order valence-electron chi connectivity index (χ2n) is 3.37. The van der Waals surface area contributed by atoms with Gasteiger partial charge in [0.1, 0.15) is 6.42 Å². The molecular weight excluding hydrogens is 206 g/mol. The molecule has 1 heterocycles. The maximum Gasteiger partial charge on any atom is 0.311 e. The first-order valence-electron chi connectivity index (χ1n) is 4.77. The molecule has 1 aromatic heterocycles. The number of hydrogen-bond donors (Lipinski definition) is 1. The Balaban J connectivity index is 2.52. The van der Waals surface area contributed by atoms with Crippen LogP contribution in [0, 0.1) is 0 Å². The number of Topliss-reactive ketones (excluding diaryl/α,β-unsaturated/α-hetero) is 1. The quantitative estimate of drug-likeness (QED) is 0.627. The summed E-state index contributed by atoms with van der Waals surface area (Å²) in [5, 5.41) is 9.27. The van der Waals surface area contributed by atoms with Gasteiger partial charge in [-0.05, 0) is 12.1 Å². The largest absolute Gasteiger partial charge is 0.481 e. The second-order valence-corrected chi connectivity index (χ2v) is 3.37. The fourth-order valence-corrected chi connectivity index (χ4v) is 1.57. The molecule has 0 bridgehead atoms. The number of ketones is 1. The van der Waals surface area contributed by atoms with E-state index in [1.807, 2.05) is 6.07 Å². The summed E-state index contributed by atoms with van der Waals surface area (Å²) in [6, 6.07) is 8.71. The number of carbonyl (C=O) groups is 2. The molecule has 2 aromatic rings. The van der Waals surface area contributed by atoms with Gasteiger partial charge in [-0.3, -0.25) is 14.6 Å². The molecule has 2 rings (SSSR count). The molecule has 80 valence electrons. The zero-order valence-corrected chi connectivity index (χ0v) is 8.38. The number of fused-ring (bicyclic) bond motifs is 1. The van der Waals surface area contributed by atoms with E-state index in [1.165, 1.54) is 6.20 Å². The van der Waals surface area contributed by atoms with E-state index in [0.717, 1.165) is 0 Å². The van der Waals surface area contributed by atoms with Crippen LogP contribution >= 0.6 is 0 Å². The van der Waals surface area contributed by atoms with Crippen LogP contribution < -0.4 is 0 Å². The van der Waals surface area contributed by atoms with Crippen LogP contribution in [0.3, 0.4) is 0 Å². The van der Waals surface area contributed by atoms with Gasteiger partial charge in [-0.25, -0.2) is 0 Å². The van der Waals surface area contributed by atoms with Gasteiger partial charge in [0.15, 0.2) is 5.78 Å². The van der Waals surface area contributed by atoms with Crippen LogP contribution in [-0.4, -0.2) is 21.8 Å². The zero-order chi connectivity index (χ0) is 11.5. The van der Waals surface area contributed by atoms with E-state index in [1.54, 1.807) is 24.3 Å². The Kier molecular flexibility index (Phi) is 2.64. The highest BCUT2D eigenvalue weighted by molar-refractivity contribution is 6.12. The number of carbonyl (C=O) groups excluding carboxylic acids is 1. The number of para-hydroxylation sites is 1. The van der Waals surface area contributed by atoms with E-state index in [-0.39, 0.29) is 0 Å². The summed E-state index contributed by atoms with van der Waals surface area (Å²) in [6.07, 6.45) is 1.02. The molecule has 4 heteroatoms. The second kappa shape index (κ2) is 4.10. The number of carboxylic acid groups (broad SMARTS) is 1. The van der Waals surface area contributed by atoms with Crippen LogP contribution in [0.4, 0.5) is 0 Å². The summed E-state index contributed by atoms with van der Waals surface area (Å²) in [4.78, 5) is 26.2. The van der Waals surface area contributed by atoms with Crippen molar-refractivity contribution in [2.75, 3.05) is 0 Å². The van der Waals surface area contributed by atoms with Gasteiger partial charge in [0.05, 0.1) is 5.52 Å². The van der Waals surface area contributed by atoms with E-state index in [9.17, 15) is 9.59 Å². The summed E-state index contributed by atoms with van der Waals surface area (Å²) >= 11 is 0. The lowest BCUT2D eigenvalue weighted by Gasteiger charge is -2.02. The Hall–Kier alpha value is -2.23. The van der Waals surface area contributed by atoms with Gasteiger partial charge in [0, 0.05) is 17.1 Å². The van der Waals surface area contributed by atoms with Crippen LogP contribution in [0.5, 0.6) is 0 Å². The van der Waals surface area contributed by atoms with Gasteiger partial charge < -0.3 is 5.11 Å². The maximum absolute atomic E-state index is 11.7. The van der Waals surface area contributed by atoms with Gasteiger partial charge in [-0.2, -0.15) is 0 Å². The SMILES string of the molecule is O=C(O)CC(=O)c1ccnc2ccccc12. The molecule has 0 saturated carbocycles. The molecule has 0 saturated heterocycles. The maximum atomic E-state index is 11.7. The van der Waals surface area contributed by atoms with Crippen LogP contribution in [0.1, 0.15) is 16.8 Å². The monoisotopic (exact) mass is 215 g/mol. The average Bonchev–Trinajstić information content (AvgIpc) is 2.27. The van der Waals surface area contributed by atoms with Crippen molar-refractivity contribution in [1.29, 1.82) is 0 Å². The summed E-state index contributed by atoms with van der Waals surface area (Å²) < 4.78 is 0. The van der Waals surface area contributed by atoms with Gasteiger partial charge in [0.25, 0.3) is 0 Å². The number of nitrogens with zero attached hydrogens (tertiary/aromatic N) is 1. The summed E-state index contributed by atoms with van der Waals surface area (Å²) in [5.41, 5.74) is 1.10. The highest BCUT2D eigenvalue weighted by Crippen LogP contribution is 2.17. The Bertz CT molecular complexity index is 558. The van der Waals surface area contributed by atoms with E-state index >= 15 is 0 Å². The molecule has 0 atom stereocenters. The van der Waals surface area contributed by atoms with Crippen molar-refractivity contribution in [2.24, 2.45) is 0 Å². The molecule has 0 spiro atoms. The topological polar surface area (TPSA) is 67.3 Å². The number of hydrogen-bond acceptors (Lipinski definition) is 3. The van der Waals surface area contributed by atoms with Gasteiger partial charge in [0.2, 0.25) is 0 Å². The zero-order valence-electron chi connectivity index (χ0n) is 8.38. The summed E-state index contributed by atoms with van der Waals surface area (Å²) in [5.74, 6) is -1.52. The van der Waals surface area contributed by atoms with E-state index in [0.29, 0.717) is 16.5 Å². The minimum Gasteiger partial charge on any atom is -0.481 e. The van der Waals surface area contributed by atoms with E-state index in [4.69, 9.17) is 5.11 Å². The normalized spacial score (nSPS) is 10.2. The number of carboxylic acids is 1. The molecule has 0 aliphatic heterocycles. The lowest BCUT2D eigenvalue weighted by molar-refractivity contribution is -0.135. The van der Waals surface area contributed by atoms with Crippen molar-refractivity contribution in [3.05, 3.63) is 42.1 Å². The summed E-state index contributed by atoms with van der Waals surface area (Å²) in [7, 11) is 0. The molecule has 0 aliphatic rings. The van der Waals surface area contributed by atoms with Crippen LogP contribution in [0.2, 0.25) is 0 Å². The molecular formula is C12H9NO3. The van der Waals surface area contributed by atoms with Gasteiger partial charge in [-0.1, -0.05) is 18.2 Å². The Labute approximate surface area is 91.5 Å². The average molecular weight is 215 g/mol. The van der Waals surface area contributed by atoms with Gasteiger partial charge in [-0.15, -0.1) is 0 Å². The molecule has 0 radical (unpaired) electrons. The lowest BCUT2D eigenvalue weighted by Crippen LogP contribution is -2.07. The molecule has 0 unspecified atom stereocenters. The third-order valence-corrected chi connectivity index (χ3v) is 2.26. The number of benzene rings is 1. The first-order chi connectivity index (χ1) is 7.68. The van der Waals surface area contributed by atoms with Gasteiger partial charge >= 0.3 is 5.97 Å². The Morgan fingerprint density at radius 3 is 2.69 bits per heavy atom. The molecule has 0 aliphatic carbocycles. The number of aromatic nitrogens is 1. The highest BCUT2D eigenvalue weighted by atomic mass is 16.4. The minimum absolute atomic E-state index is 0.397. The van der Waals surface area contributed by atoms with Crippen LogP contribution in [-0.2, 0) is 4.79 Å². The smallest absolute Gasteiger partial charge is 0.311 e. The van der Waals surface area contributed by atoms with E-state index in [2.05, 4.69) is 4.98 Å². The van der Waals surface area contributed by atoms with Crippen molar-refractivity contribution in [1.82, 2.24) is 4.98 Å². The Morgan fingerprint density at radius 1 is 1.19 bits per heavy atom. The molecule has 1 aromatic carbocycles. The van der Waals surface area contributed by atoms with Crippen LogP contribution in [0.25, 0.3) is 10.9 Å². The van der Waals surface area contributed by atoms with E-state index < -0.39 is 18.2 Å². The molecule has 4 nitrogen and oxygen atoms in total. The lowest BCUT2D eigenvalue weighted by atomic mass is 10.0. The third-order valence-electron chi connectivity index (χ3n) is 2.26. The molecule has 16 heavy (non-hydrogen) atoms. The fraction of sp³-hybridized carbons (Fsp3) is 0.0833. The molecule has 0 amide bonds. The van der Waals surface area contributed by atoms with Crippen molar-refractivity contribution >= 4 is 22.7 Å². The minimum atomic E-state index is -1.12. The van der Waals surface area contributed by atoms with Crippen molar-refractivity contribution in [3.63, 3.8) is 0 Å². The third kappa shape index (κ3) is 1.91. The van der Waals surface area contributed by atoms with Crippen molar-refractivity contribution in [3.8, 4) is 0 Å². The first kappa shape index (κ1) is 10.3. The number of rotatable bonds is 3. The Morgan fingerprint density at radius 2 is 1.94 bits per heavy atom. The van der Waals surface area contributed by atoms with Crippen molar-refractivity contribution in [2.45, 2.75) is 6.42 Å². The fourth-order valence-electron chi connectivity index (χ4n) is 1.57.